The van der Waals surface area contributed by atoms with E-state index in [4.69, 9.17) is 10.2 Å². The lowest BCUT2D eigenvalue weighted by Crippen LogP contribution is -2.42. The van der Waals surface area contributed by atoms with Gasteiger partial charge in [0.1, 0.15) is 22.7 Å². The summed E-state index contributed by atoms with van der Waals surface area (Å²) in [7, 11) is 0. The van der Waals surface area contributed by atoms with Crippen molar-refractivity contribution in [3.63, 3.8) is 0 Å². The minimum Gasteiger partial charge on any atom is -0.457 e. The van der Waals surface area contributed by atoms with Gasteiger partial charge in [-0.05, 0) is 24.3 Å². The number of carbonyl (C=O) groups is 3. The predicted molar refractivity (Wildman–Crippen MR) is 129 cm³/mol. The fraction of sp³-hybridized carbons (Fsp3) is 0.217. The number of non-ortho nitro benzene ring substituents is 1. The van der Waals surface area contributed by atoms with Crippen molar-refractivity contribution in [1.82, 2.24) is 9.88 Å². The number of nitrogens with one attached hydrogen (secondary N) is 1. The molecule has 0 fully saturated rings. The molecule has 1 aromatic carbocycles. The molecule has 2 heterocycles. The fourth-order valence-electron chi connectivity index (χ4n) is 2.90. The lowest BCUT2D eigenvalue weighted by atomic mass is 9.91. The highest BCUT2D eigenvalue weighted by molar-refractivity contribution is 7.07. The number of imide groups is 1. The first kappa shape index (κ1) is 25.3. The zero-order chi connectivity index (χ0) is 25.9. The van der Waals surface area contributed by atoms with Crippen LogP contribution in [0.25, 0.3) is 23.5 Å². The molecule has 11 nitrogen and oxygen atoms in total. The molecule has 3 aromatic rings. The van der Waals surface area contributed by atoms with Gasteiger partial charge in [0.25, 0.3) is 11.2 Å². The van der Waals surface area contributed by atoms with Gasteiger partial charge in [0, 0.05) is 35.3 Å². The minimum absolute atomic E-state index is 0.0554. The van der Waals surface area contributed by atoms with Crippen molar-refractivity contribution in [3.8, 4) is 11.3 Å². The molecular weight excluding hydrogens is 476 g/mol. The van der Waals surface area contributed by atoms with E-state index < -0.39 is 34.4 Å². The van der Waals surface area contributed by atoms with E-state index >= 15 is 0 Å². The van der Waals surface area contributed by atoms with Gasteiger partial charge in [-0.25, -0.2) is 4.79 Å². The van der Waals surface area contributed by atoms with Crippen LogP contribution in [0.3, 0.4) is 0 Å². The van der Waals surface area contributed by atoms with Gasteiger partial charge in [-0.2, -0.15) is 0 Å². The summed E-state index contributed by atoms with van der Waals surface area (Å²) < 4.78 is 7.26. The molecule has 0 aliphatic carbocycles. The van der Waals surface area contributed by atoms with Crippen LogP contribution in [-0.4, -0.2) is 27.2 Å². The Hall–Kier alpha value is -4.32. The Morgan fingerprint density at radius 2 is 1.83 bits per heavy atom. The molecule has 0 bridgehead atoms. The summed E-state index contributed by atoms with van der Waals surface area (Å²) in [6.07, 6.45) is 2.74. The lowest BCUT2D eigenvalue weighted by molar-refractivity contribution is -0.384. The third-order valence-corrected chi connectivity index (χ3v) is 5.82. The van der Waals surface area contributed by atoms with Crippen LogP contribution in [0.15, 0.2) is 45.6 Å². The van der Waals surface area contributed by atoms with E-state index in [0.717, 1.165) is 15.9 Å². The Balaban J connectivity index is 2.05. The zero-order valence-corrected chi connectivity index (χ0v) is 19.9. The van der Waals surface area contributed by atoms with Crippen LogP contribution < -0.4 is 25.8 Å². The van der Waals surface area contributed by atoms with Crippen molar-refractivity contribution >= 4 is 46.9 Å². The maximum atomic E-state index is 13.0. The molecule has 3 rings (SSSR count). The smallest absolute Gasteiger partial charge is 0.318 e. The summed E-state index contributed by atoms with van der Waals surface area (Å²) in [5, 5.41) is 12.7. The first-order chi connectivity index (χ1) is 16.3. The largest absolute Gasteiger partial charge is 0.457 e. The number of thiazole rings is 1. The summed E-state index contributed by atoms with van der Waals surface area (Å²) >= 11 is 0.984. The van der Waals surface area contributed by atoms with Crippen molar-refractivity contribution in [1.29, 1.82) is 0 Å². The van der Waals surface area contributed by atoms with E-state index in [1.54, 1.807) is 45.0 Å². The number of Topliss-reactive ketones (excluding diaryl/α,β-unsaturated/α-hetero) is 1. The number of furan rings is 1. The van der Waals surface area contributed by atoms with Crippen molar-refractivity contribution in [2.24, 2.45) is 11.1 Å². The average Bonchev–Trinajstić information content (AvgIpc) is 3.33. The third kappa shape index (κ3) is 6.18. The van der Waals surface area contributed by atoms with Crippen LogP contribution in [0.4, 0.5) is 10.5 Å². The number of nitro benzene ring substituents is 1. The number of amides is 3. The van der Waals surface area contributed by atoms with Crippen molar-refractivity contribution in [3.05, 3.63) is 71.8 Å². The average molecular weight is 499 g/mol. The van der Waals surface area contributed by atoms with Crippen LogP contribution >= 0.6 is 11.3 Å². The van der Waals surface area contributed by atoms with E-state index in [0.29, 0.717) is 17.1 Å². The number of benzene rings is 1. The number of hydrogen-bond acceptors (Lipinski definition) is 8. The number of primary amides is 1. The van der Waals surface area contributed by atoms with Gasteiger partial charge in [-0.3, -0.25) is 34.4 Å². The molecule has 0 atom stereocenters. The number of rotatable bonds is 6. The molecule has 182 valence electrons. The molecule has 0 aliphatic rings. The first-order valence-corrected chi connectivity index (χ1v) is 11.1. The second kappa shape index (κ2) is 9.89. The van der Waals surface area contributed by atoms with Gasteiger partial charge in [-0.1, -0.05) is 20.8 Å². The van der Waals surface area contributed by atoms with Crippen molar-refractivity contribution < 1.29 is 23.7 Å². The van der Waals surface area contributed by atoms with Crippen LogP contribution in [-0.2, 0) is 16.1 Å². The number of aromatic nitrogens is 1. The van der Waals surface area contributed by atoms with Crippen molar-refractivity contribution in [2.75, 3.05) is 0 Å². The Kier molecular flexibility index (Phi) is 7.15. The van der Waals surface area contributed by atoms with Gasteiger partial charge in [-0.15, -0.1) is 11.3 Å². The normalized spacial score (nSPS) is 12.5. The first-order valence-electron chi connectivity index (χ1n) is 10.3. The molecule has 0 spiro atoms. The molecule has 3 amide bonds. The maximum Gasteiger partial charge on any atom is 0.318 e. The minimum atomic E-state index is -1.06. The number of nitro groups is 1. The highest BCUT2D eigenvalue weighted by atomic mass is 32.1. The van der Waals surface area contributed by atoms with E-state index in [-0.39, 0.29) is 20.7 Å². The van der Waals surface area contributed by atoms with Gasteiger partial charge >= 0.3 is 6.03 Å². The molecule has 12 heteroatoms. The SMILES string of the molecule is CC(C)(C)C(=O)/C=c1/sc(=Cc2ccc(-c3ccc([N+](=O)[O-])cc3)o2)c(=O)n1CC(=O)NC(N)=O. The molecule has 0 saturated carbocycles. The Morgan fingerprint density at radius 3 is 2.40 bits per heavy atom. The number of nitrogens with two attached hydrogens (primary N) is 1. The van der Waals surface area contributed by atoms with Crippen LogP contribution in [0.2, 0.25) is 0 Å². The molecule has 2 aromatic heterocycles. The number of urea groups is 1. The molecule has 0 aliphatic heterocycles. The van der Waals surface area contributed by atoms with Crippen LogP contribution in [0.1, 0.15) is 26.5 Å². The molecule has 35 heavy (non-hydrogen) atoms. The standard InChI is InChI=1S/C23H22N4O7S/c1-23(2,3)18(28)11-20-26(12-19(29)25-22(24)31)21(30)17(35-20)10-15-8-9-16(34-15)13-4-6-14(7-5-13)27(32)33/h4-11H,12H2,1-3H3,(H3,24,25,29,31)/b17-10?,20-11+. The monoisotopic (exact) mass is 498 g/mol. The number of hydrogen-bond donors (Lipinski definition) is 2. The zero-order valence-electron chi connectivity index (χ0n) is 19.1. The highest BCUT2D eigenvalue weighted by Gasteiger charge is 2.20. The Labute approximate surface area is 202 Å². The molecule has 0 unspecified atom stereocenters. The van der Waals surface area contributed by atoms with E-state index in [9.17, 15) is 29.3 Å². The molecule has 0 radical (unpaired) electrons. The van der Waals surface area contributed by atoms with Gasteiger partial charge in [0.05, 0.1) is 9.46 Å². The molecule has 0 saturated heterocycles. The second-order valence-electron chi connectivity index (χ2n) is 8.52. The summed E-state index contributed by atoms with van der Waals surface area (Å²) in [5.74, 6) is -0.314. The number of ketones is 1. The summed E-state index contributed by atoms with van der Waals surface area (Å²) in [4.78, 5) is 59.0. The van der Waals surface area contributed by atoms with Gasteiger partial charge < -0.3 is 10.2 Å². The van der Waals surface area contributed by atoms with Crippen molar-refractivity contribution in [2.45, 2.75) is 27.3 Å². The second-order valence-corrected chi connectivity index (χ2v) is 9.58. The molecule has 3 N–H and O–H groups in total. The van der Waals surface area contributed by atoms with E-state index in [1.165, 1.54) is 24.3 Å². The lowest BCUT2D eigenvalue weighted by Gasteiger charge is -2.12. The van der Waals surface area contributed by atoms with Crippen LogP contribution in [0.5, 0.6) is 0 Å². The summed E-state index contributed by atoms with van der Waals surface area (Å²) in [6, 6.07) is 7.99. The van der Waals surface area contributed by atoms with Gasteiger partial charge in [0.2, 0.25) is 5.91 Å². The Bertz CT molecular complexity index is 1490. The fourth-order valence-corrected chi connectivity index (χ4v) is 3.93. The van der Waals surface area contributed by atoms with Crippen LogP contribution in [0, 0.1) is 15.5 Å². The quantitative estimate of drug-likeness (QED) is 0.383. The Morgan fingerprint density at radius 1 is 1.17 bits per heavy atom. The summed E-state index contributed by atoms with van der Waals surface area (Å²) in [5.41, 5.74) is 4.24. The predicted octanol–water partition coefficient (Wildman–Crippen LogP) is 1.50. The maximum absolute atomic E-state index is 13.0. The topological polar surface area (TPSA) is 168 Å². The third-order valence-electron chi connectivity index (χ3n) is 4.76. The number of nitrogens with zero attached hydrogens (tertiary/aromatic N) is 2. The van der Waals surface area contributed by atoms with E-state index in [1.807, 2.05) is 5.32 Å². The van der Waals surface area contributed by atoms with Gasteiger partial charge in [0.15, 0.2) is 5.78 Å². The number of carbonyl (C=O) groups excluding carboxylic acids is 3. The highest BCUT2D eigenvalue weighted by Crippen LogP contribution is 2.24. The van der Waals surface area contributed by atoms with E-state index in [2.05, 4.69) is 0 Å². The molecular formula is C23H22N4O7S. The summed E-state index contributed by atoms with van der Waals surface area (Å²) in [6.45, 7) is 4.65.